The quantitative estimate of drug-likeness (QED) is 0.849. The summed E-state index contributed by atoms with van der Waals surface area (Å²) in [5.41, 5.74) is 1.13. The molecule has 6 heteroatoms. The Bertz CT molecular complexity index is 591. The van der Waals surface area contributed by atoms with Crippen LogP contribution in [0.25, 0.3) is 0 Å². The lowest BCUT2D eigenvalue weighted by atomic mass is 10.1. The molecule has 0 aliphatic carbocycles. The van der Waals surface area contributed by atoms with Crippen molar-refractivity contribution in [3.63, 3.8) is 0 Å². The smallest absolute Gasteiger partial charge is 0.236 e. The highest BCUT2D eigenvalue weighted by atomic mass is 16.3. The summed E-state index contributed by atoms with van der Waals surface area (Å²) in [6.07, 6.45) is 5.46. The summed E-state index contributed by atoms with van der Waals surface area (Å²) in [7, 11) is 1.78. The first kappa shape index (κ1) is 16.3. The zero-order valence-corrected chi connectivity index (χ0v) is 13.6. The van der Waals surface area contributed by atoms with E-state index in [-0.39, 0.29) is 18.0 Å². The first-order chi connectivity index (χ1) is 10.5. The number of amides is 1. The van der Waals surface area contributed by atoms with Gasteiger partial charge in [0, 0.05) is 19.3 Å². The molecule has 2 aromatic rings. The third-order valence-electron chi connectivity index (χ3n) is 3.85. The fraction of sp³-hybridized carbons (Fsp3) is 0.500. The zero-order valence-electron chi connectivity index (χ0n) is 13.6. The average molecular weight is 304 g/mol. The summed E-state index contributed by atoms with van der Waals surface area (Å²) in [6.45, 7) is 6.93. The van der Waals surface area contributed by atoms with E-state index in [1.165, 1.54) is 0 Å². The number of hydrogen-bond donors (Lipinski definition) is 1. The van der Waals surface area contributed by atoms with E-state index in [0.29, 0.717) is 13.1 Å². The maximum atomic E-state index is 12.1. The SMILES string of the molecule is Cc1cnn([C@@H](C)[C@@H](C)NCC(=O)N(C)Cc2ccco2)c1. The Hall–Kier alpha value is -2.08. The van der Waals surface area contributed by atoms with Gasteiger partial charge in [-0.2, -0.15) is 5.10 Å². The van der Waals surface area contributed by atoms with E-state index in [0.717, 1.165) is 11.3 Å². The van der Waals surface area contributed by atoms with Crippen molar-refractivity contribution >= 4 is 5.91 Å². The van der Waals surface area contributed by atoms with E-state index < -0.39 is 0 Å². The molecule has 0 spiro atoms. The molecule has 0 aliphatic heterocycles. The lowest BCUT2D eigenvalue weighted by molar-refractivity contribution is -0.129. The van der Waals surface area contributed by atoms with Crippen molar-refractivity contribution in [2.45, 2.75) is 39.4 Å². The predicted molar refractivity (Wildman–Crippen MR) is 84.3 cm³/mol. The van der Waals surface area contributed by atoms with Crippen LogP contribution in [0.15, 0.2) is 35.2 Å². The molecule has 0 radical (unpaired) electrons. The van der Waals surface area contributed by atoms with Gasteiger partial charge < -0.3 is 14.6 Å². The Labute approximate surface area is 131 Å². The van der Waals surface area contributed by atoms with Crippen molar-refractivity contribution in [2.75, 3.05) is 13.6 Å². The van der Waals surface area contributed by atoms with Gasteiger partial charge in [0.05, 0.1) is 31.6 Å². The van der Waals surface area contributed by atoms with Gasteiger partial charge in [-0.3, -0.25) is 9.48 Å². The van der Waals surface area contributed by atoms with E-state index in [1.54, 1.807) is 18.2 Å². The first-order valence-corrected chi connectivity index (χ1v) is 7.48. The van der Waals surface area contributed by atoms with Gasteiger partial charge in [-0.15, -0.1) is 0 Å². The van der Waals surface area contributed by atoms with E-state index in [9.17, 15) is 4.79 Å². The molecule has 1 N–H and O–H groups in total. The van der Waals surface area contributed by atoms with Gasteiger partial charge in [0.15, 0.2) is 0 Å². The van der Waals surface area contributed by atoms with Crippen molar-refractivity contribution in [1.29, 1.82) is 0 Å². The largest absolute Gasteiger partial charge is 0.467 e. The van der Waals surface area contributed by atoms with Crippen molar-refractivity contribution in [3.05, 3.63) is 42.1 Å². The summed E-state index contributed by atoms with van der Waals surface area (Å²) in [4.78, 5) is 13.8. The predicted octanol–water partition coefficient (Wildman–Crippen LogP) is 1.98. The van der Waals surface area contributed by atoms with Crippen molar-refractivity contribution in [2.24, 2.45) is 0 Å². The summed E-state index contributed by atoms with van der Waals surface area (Å²) in [5, 5.41) is 7.59. The summed E-state index contributed by atoms with van der Waals surface area (Å²) < 4.78 is 7.17. The van der Waals surface area contributed by atoms with Crippen LogP contribution in [0.2, 0.25) is 0 Å². The second-order valence-electron chi connectivity index (χ2n) is 5.74. The topological polar surface area (TPSA) is 63.3 Å². The molecule has 0 aliphatic rings. The summed E-state index contributed by atoms with van der Waals surface area (Å²) in [5.74, 6) is 0.816. The third-order valence-corrected chi connectivity index (χ3v) is 3.85. The Morgan fingerprint density at radius 1 is 1.50 bits per heavy atom. The van der Waals surface area contributed by atoms with Crippen molar-refractivity contribution in [1.82, 2.24) is 20.0 Å². The molecule has 0 saturated heterocycles. The van der Waals surface area contributed by atoms with Crippen molar-refractivity contribution in [3.8, 4) is 0 Å². The Kier molecular flexibility index (Phi) is 5.38. The molecule has 0 fully saturated rings. The molecule has 0 saturated carbocycles. The summed E-state index contributed by atoms with van der Waals surface area (Å²) >= 11 is 0. The molecule has 22 heavy (non-hydrogen) atoms. The maximum absolute atomic E-state index is 12.1. The normalized spacial score (nSPS) is 13.8. The van der Waals surface area contributed by atoms with Crippen LogP contribution in [0.5, 0.6) is 0 Å². The zero-order chi connectivity index (χ0) is 16.1. The van der Waals surface area contributed by atoms with Crippen molar-refractivity contribution < 1.29 is 9.21 Å². The van der Waals surface area contributed by atoms with Crippen LogP contribution >= 0.6 is 0 Å². The summed E-state index contributed by atoms with van der Waals surface area (Å²) in [6, 6.07) is 4.00. The molecular formula is C16H24N4O2. The Balaban J connectivity index is 1.79. The third kappa shape index (κ3) is 4.21. The Morgan fingerprint density at radius 2 is 2.27 bits per heavy atom. The number of likely N-dealkylation sites (N-methyl/N-ethyl adjacent to an activating group) is 1. The number of furan rings is 1. The van der Waals surface area contributed by atoms with Gasteiger partial charge in [0.2, 0.25) is 5.91 Å². The number of nitrogens with one attached hydrogen (secondary N) is 1. The van der Waals surface area contributed by atoms with Gasteiger partial charge in [-0.1, -0.05) is 0 Å². The van der Waals surface area contributed by atoms with Crippen LogP contribution in [0.1, 0.15) is 31.2 Å². The van der Waals surface area contributed by atoms with E-state index in [4.69, 9.17) is 4.42 Å². The van der Waals surface area contributed by atoms with Crippen LogP contribution in [0, 0.1) is 6.92 Å². The highest BCUT2D eigenvalue weighted by Gasteiger charge is 2.17. The minimum absolute atomic E-state index is 0.0343. The first-order valence-electron chi connectivity index (χ1n) is 7.48. The van der Waals surface area contributed by atoms with Crippen LogP contribution in [-0.2, 0) is 11.3 Å². The number of hydrogen-bond acceptors (Lipinski definition) is 4. The van der Waals surface area contributed by atoms with Gasteiger partial charge in [-0.05, 0) is 38.5 Å². The van der Waals surface area contributed by atoms with E-state index in [1.807, 2.05) is 36.1 Å². The number of nitrogens with zero attached hydrogens (tertiary/aromatic N) is 3. The fourth-order valence-electron chi connectivity index (χ4n) is 2.16. The standard InChI is InChI=1S/C16H24N4O2/c1-12-8-18-20(10-12)14(3)13(2)17-9-16(21)19(4)11-15-6-5-7-22-15/h5-8,10,13-14,17H,9,11H2,1-4H3/t13-,14+/m1/s1. The Morgan fingerprint density at radius 3 is 2.86 bits per heavy atom. The maximum Gasteiger partial charge on any atom is 0.236 e. The minimum atomic E-state index is 0.0343. The molecule has 2 atom stereocenters. The molecule has 2 aromatic heterocycles. The van der Waals surface area contributed by atoms with Gasteiger partial charge >= 0.3 is 0 Å². The fourth-order valence-corrected chi connectivity index (χ4v) is 2.16. The van der Waals surface area contributed by atoms with Gasteiger partial charge in [0.25, 0.3) is 0 Å². The minimum Gasteiger partial charge on any atom is -0.467 e. The molecule has 6 nitrogen and oxygen atoms in total. The van der Waals surface area contributed by atoms with Crippen LogP contribution in [0.4, 0.5) is 0 Å². The molecule has 0 bridgehead atoms. The molecule has 0 aromatic carbocycles. The lowest BCUT2D eigenvalue weighted by Gasteiger charge is -2.23. The number of carbonyl (C=O) groups is 1. The molecule has 1 amide bonds. The molecule has 120 valence electrons. The number of rotatable bonds is 7. The van der Waals surface area contributed by atoms with Gasteiger partial charge in [0.1, 0.15) is 5.76 Å². The van der Waals surface area contributed by atoms with E-state index >= 15 is 0 Å². The number of carbonyl (C=O) groups excluding carboxylic acids is 1. The van der Waals surface area contributed by atoms with Gasteiger partial charge in [-0.25, -0.2) is 0 Å². The van der Waals surface area contributed by atoms with Crippen LogP contribution < -0.4 is 5.32 Å². The monoisotopic (exact) mass is 304 g/mol. The second-order valence-corrected chi connectivity index (χ2v) is 5.74. The number of aromatic nitrogens is 2. The highest BCUT2D eigenvalue weighted by Crippen LogP contribution is 2.10. The molecule has 2 rings (SSSR count). The van der Waals surface area contributed by atoms with Crippen LogP contribution in [-0.4, -0.2) is 40.2 Å². The molecule has 0 unspecified atom stereocenters. The molecule has 2 heterocycles. The van der Waals surface area contributed by atoms with Crippen LogP contribution in [0.3, 0.4) is 0 Å². The number of aryl methyl sites for hydroxylation is 1. The van der Waals surface area contributed by atoms with E-state index in [2.05, 4.69) is 24.3 Å². The molecular weight excluding hydrogens is 280 g/mol. The average Bonchev–Trinajstić information content (AvgIpc) is 3.15. The lowest BCUT2D eigenvalue weighted by Crippen LogP contribution is -2.41. The second kappa shape index (κ2) is 7.26. The highest BCUT2D eigenvalue weighted by molar-refractivity contribution is 5.77.